The van der Waals surface area contributed by atoms with Crippen LogP contribution in [-0.4, -0.2) is 61.7 Å². The summed E-state index contributed by atoms with van der Waals surface area (Å²) in [7, 11) is 6.90. The van der Waals surface area contributed by atoms with Crippen LogP contribution in [0.2, 0.25) is 5.02 Å². The summed E-state index contributed by atoms with van der Waals surface area (Å²) in [6.45, 7) is 1.16. The van der Waals surface area contributed by atoms with Crippen LogP contribution in [0.5, 0.6) is 0 Å². The Bertz CT molecular complexity index is 1470. The van der Waals surface area contributed by atoms with E-state index in [2.05, 4.69) is 9.97 Å². The van der Waals surface area contributed by atoms with Crippen molar-refractivity contribution in [2.45, 2.75) is 13.0 Å². The van der Waals surface area contributed by atoms with Crippen molar-refractivity contribution in [2.75, 3.05) is 32.1 Å². The molecule has 0 aliphatic heterocycles. The van der Waals surface area contributed by atoms with Crippen LogP contribution in [0.3, 0.4) is 0 Å². The summed E-state index contributed by atoms with van der Waals surface area (Å²) in [5.74, 6) is -0.228. The Morgan fingerprint density at radius 3 is 2.59 bits per heavy atom. The highest BCUT2D eigenvalue weighted by Crippen LogP contribution is 2.31. The van der Waals surface area contributed by atoms with E-state index in [1.807, 2.05) is 31.1 Å². The standard InChI is InChI=1S/C21H24ClN7O3S.ClH/c1-25(2)8-5-9-29(20-24-14-7-6-13(22)10-15(14)33-20)16(30)11-28-12-23-18-17(28)19(31)27(4)21(32)26(18)3;/h6-7,10,12H,5,8-9,11H2,1-4H3;1H. The van der Waals surface area contributed by atoms with Gasteiger partial charge < -0.3 is 9.47 Å². The van der Waals surface area contributed by atoms with Gasteiger partial charge in [-0.05, 0) is 45.3 Å². The molecule has 0 radical (unpaired) electrons. The number of amides is 1. The second-order valence-electron chi connectivity index (χ2n) is 8.06. The smallest absolute Gasteiger partial charge is 0.315 e. The first-order valence-corrected chi connectivity index (χ1v) is 11.5. The zero-order valence-electron chi connectivity index (χ0n) is 19.2. The molecule has 34 heavy (non-hydrogen) atoms. The molecular formula is C21H25Cl2N7O3S. The molecule has 4 rings (SSSR count). The predicted octanol–water partition coefficient (Wildman–Crippen LogP) is 2.10. The molecule has 10 nitrogen and oxygen atoms in total. The largest absolute Gasteiger partial charge is 0.332 e. The molecule has 0 N–H and O–H groups in total. The molecule has 1 amide bonds. The Kier molecular flexibility index (Phi) is 7.81. The van der Waals surface area contributed by atoms with Crippen molar-refractivity contribution in [3.8, 4) is 0 Å². The molecular weight excluding hydrogens is 501 g/mol. The maximum absolute atomic E-state index is 13.4. The van der Waals surface area contributed by atoms with E-state index in [1.54, 1.807) is 18.0 Å². The molecule has 0 unspecified atom stereocenters. The molecule has 3 heterocycles. The van der Waals surface area contributed by atoms with Gasteiger partial charge >= 0.3 is 5.69 Å². The third-order valence-electron chi connectivity index (χ3n) is 5.38. The molecule has 0 saturated heterocycles. The Hall–Kier alpha value is -2.73. The maximum atomic E-state index is 13.4. The van der Waals surface area contributed by atoms with E-state index < -0.39 is 11.2 Å². The highest BCUT2D eigenvalue weighted by atomic mass is 35.5. The number of carbonyl (C=O) groups is 1. The van der Waals surface area contributed by atoms with E-state index in [-0.39, 0.29) is 36.0 Å². The quantitative estimate of drug-likeness (QED) is 0.366. The second-order valence-corrected chi connectivity index (χ2v) is 9.51. The Morgan fingerprint density at radius 1 is 1.15 bits per heavy atom. The van der Waals surface area contributed by atoms with Gasteiger partial charge in [-0.3, -0.25) is 23.6 Å². The van der Waals surface area contributed by atoms with Crippen molar-refractivity contribution >= 4 is 67.8 Å². The van der Waals surface area contributed by atoms with Crippen molar-refractivity contribution in [3.05, 3.63) is 50.4 Å². The molecule has 0 saturated carbocycles. The van der Waals surface area contributed by atoms with Gasteiger partial charge in [-0.1, -0.05) is 22.9 Å². The summed E-state index contributed by atoms with van der Waals surface area (Å²) < 4.78 is 4.68. The number of anilines is 1. The number of hydrogen-bond acceptors (Lipinski definition) is 7. The fourth-order valence-electron chi connectivity index (χ4n) is 3.62. The van der Waals surface area contributed by atoms with Crippen LogP contribution in [0.25, 0.3) is 21.4 Å². The second kappa shape index (κ2) is 10.3. The first-order valence-electron chi connectivity index (χ1n) is 10.3. The molecule has 4 aromatic rings. The van der Waals surface area contributed by atoms with Crippen LogP contribution in [0.15, 0.2) is 34.1 Å². The van der Waals surface area contributed by atoms with Gasteiger partial charge in [-0.25, -0.2) is 14.8 Å². The SMILES string of the molecule is CN(C)CCCN(C(=O)Cn1cnc2c1c(=O)n(C)c(=O)n2C)c1nc2ccc(Cl)cc2s1.Cl. The van der Waals surface area contributed by atoms with E-state index in [4.69, 9.17) is 11.6 Å². The lowest BCUT2D eigenvalue weighted by molar-refractivity contribution is -0.119. The lowest BCUT2D eigenvalue weighted by Gasteiger charge is -2.21. The van der Waals surface area contributed by atoms with Gasteiger partial charge in [0, 0.05) is 25.7 Å². The third-order valence-corrected chi connectivity index (χ3v) is 6.66. The molecule has 1 aromatic carbocycles. The number of hydrogen-bond donors (Lipinski definition) is 0. The molecule has 0 bridgehead atoms. The summed E-state index contributed by atoms with van der Waals surface area (Å²) in [5.41, 5.74) is 0.249. The van der Waals surface area contributed by atoms with Crippen molar-refractivity contribution in [3.63, 3.8) is 0 Å². The van der Waals surface area contributed by atoms with Gasteiger partial charge in [0.2, 0.25) is 5.91 Å². The Labute approximate surface area is 210 Å². The normalized spacial score (nSPS) is 11.4. The summed E-state index contributed by atoms with van der Waals surface area (Å²) in [6.07, 6.45) is 2.16. The van der Waals surface area contributed by atoms with Gasteiger partial charge in [-0.15, -0.1) is 12.4 Å². The van der Waals surface area contributed by atoms with E-state index >= 15 is 0 Å². The first-order chi connectivity index (χ1) is 15.7. The first kappa shape index (κ1) is 25.9. The number of rotatable bonds is 7. The van der Waals surface area contributed by atoms with E-state index in [1.165, 1.54) is 33.8 Å². The molecule has 0 aliphatic carbocycles. The molecule has 0 aliphatic rings. The highest BCUT2D eigenvalue weighted by molar-refractivity contribution is 7.22. The summed E-state index contributed by atoms with van der Waals surface area (Å²) in [6, 6.07) is 5.42. The molecule has 182 valence electrons. The number of halogens is 2. The van der Waals surface area contributed by atoms with Crippen LogP contribution in [0.1, 0.15) is 6.42 Å². The van der Waals surface area contributed by atoms with Crippen molar-refractivity contribution in [2.24, 2.45) is 14.1 Å². The molecule has 0 fully saturated rings. The van der Waals surface area contributed by atoms with Crippen molar-refractivity contribution in [1.29, 1.82) is 0 Å². The third kappa shape index (κ3) is 4.88. The zero-order valence-corrected chi connectivity index (χ0v) is 21.6. The fourth-order valence-corrected chi connectivity index (χ4v) is 4.91. The average molecular weight is 526 g/mol. The van der Waals surface area contributed by atoms with Gasteiger partial charge in [-0.2, -0.15) is 0 Å². The van der Waals surface area contributed by atoms with Crippen LogP contribution >= 0.6 is 35.3 Å². The van der Waals surface area contributed by atoms with Gasteiger partial charge in [0.1, 0.15) is 6.54 Å². The average Bonchev–Trinajstić information content (AvgIpc) is 3.37. The minimum Gasteiger partial charge on any atom is -0.315 e. The fraction of sp³-hybridized carbons (Fsp3) is 0.381. The lowest BCUT2D eigenvalue weighted by Crippen LogP contribution is -2.39. The molecule has 0 spiro atoms. The van der Waals surface area contributed by atoms with Gasteiger partial charge in [0.15, 0.2) is 16.3 Å². The molecule has 13 heteroatoms. The van der Waals surface area contributed by atoms with Crippen molar-refractivity contribution < 1.29 is 4.79 Å². The Balaban J connectivity index is 0.00000324. The number of aromatic nitrogens is 5. The number of nitrogens with zero attached hydrogens (tertiary/aromatic N) is 7. The van der Waals surface area contributed by atoms with E-state index in [0.29, 0.717) is 16.7 Å². The molecule has 3 aromatic heterocycles. The lowest BCUT2D eigenvalue weighted by atomic mass is 10.3. The number of carbonyl (C=O) groups excluding carboxylic acids is 1. The summed E-state index contributed by atoms with van der Waals surface area (Å²) in [5, 5.41) is 1.18. The number of aryl methyl sites for hydroxylation is 1. The summed E-state index contributed by atoms with van der Waals surface area (Å²) >= 11 is 7.51. The minimum absolute atomic E-state index is 0. The van der Waals surface area contributed by atoms with E-state index in [0.717, 1.165) is 27.7 Å². The van der Waals surface area contributed by atoms with Crippen LogP contribution in [-0.2, 0) is 25.4 Å². The summed E-state index contributed by atoms with van der Waals surface area (Å²) in [4.78, 5) is 50.9. The zero-order chi connectivity index (χ0) is 23.9. The maximum Gasteiger partial charge on any atom is 0.332 e. The van der Waals surface area contributed by atoms with Crippen LogP contribution < -0.4 is 16.1 Å². The predicted molar refractivity (Wildman–Crippen MR) is 138 cm³/mol. The van der Waals surface area contributed by atoms with Crippen LogP contribution in [0.4, 0.5) is 5.13 Å². The number of fused-ring (bicyclic) bond motifs is 2. The van der Waals surface area contributed by atoms with Gasteiger partial charge in [0.25, 0.3) is 5.56 Å². The Morgan fingerprint density at radius 2 is 1.88 bits per heavy atom. The number of benzene rings is 1. The minimum atomic E-state index is -0.493. The van der Waals surface area contributed by atoms with Crippen molar-refractivity contribution in [1.82, 2.24) is 28.6 Å². The van der Waals surface area contributed by atoms with E-state index in [9.17, 15) is 14.4 Å². The topological polar surface area (TPSA) is 98.3 Å². The monoisotopic (exact) mass is 525 g/mol. The number of imidazole rings is 1. The van der Waals surface area contributed by atoms with Crippen LogP contribution in [0, 0.1) is 0 Å². The highest BCUT2D eigenvalue weighted by Gasteiger charge is 2.22. The number of thiazole rings is 1. The molecule has 0 atom stereocenters. The van der Waals surface area contributed by atoms with Gasteiger partial charge in [0.05, 0.1) is 16.5 Å².